The van der Waals surface area contributed by atoms with E-state index in [0.29, 0.717) is 35.6 Å². The second-order valence-electron chi connectivity index (χ2n) is 9.69. The van der Waals surface area contributed by atoms with Crippen molar-refractivity contribution in [2.45, 2.75) is 50.8 Å². The number of sulfonamides is 1. The topological polar surface area (TPSA) is 81.1 Å². The molecule has 0 radical (unpaired) electrons. The molecule has 0 aliphatic heterocycles. The minimum Gasteiger partial charge on any atom is -0.330 e. The second kappa shape index (κ2) is 11.0. The van der Waals surface area contributed by atoms with E-state index in [9.17, 15) is 13.2 Å². The van der Waals surface area contributed by atoms with E-state index in [0.717, 1.165) is 22.0 Å². The average Bonchev–Trinajstić information content (AvgIpc) is 3.48. The molecule has 0 saturated carbocycles. The van der Waals surface area contributed by atoms with Crippen LogP contribution in [0.25, 0.3) is 11.1 Å². The molecule has 0 atom stereocenters. The van der Waals surface area contributed by atoms with E-state index < -0.39 is 21.7 Å². The van der Waals surface area contributed by atoms with Crippen molar-refractivity contribution in [2.24, 2.45) is 5.92 Å². The Kier molecular flexibility index (Phi) is 7.94. The third kappa shape index (κ3) is 6.17. The third-order valence-electron chi connectivity index (χ3n) is 5.83. The predicted molar refractivity (Wildman–Crippen MR) is 145 cm³/mol. The Hall–Kier alpha value is -3.30. The summed E-state index contributed by atoms with van der Waals surface area (Å²) in [5, 5.41) is 0. The average molecular weight is 540 g/mol. The summed E-state index contributed by atoms with van der Waals surface area (Å²) in [6, 6.07) is 14.7. The summed E-state index contributed by atoms with van der Waals surface area (Å²) in [5.41, 5.74) is 1.53. The van der Waals surface area contributed by atoms with Crippen LogP contribution >= 0.6 is 11.3 Å². The van der Waals surface area contributed by atoms with Crippen LogP contribution in [-0.2, 0) is 23.0 Å². The van der Waals surface area contributed by atoms with Gasteiger partial charge in [-0.05, 0) is 42.2 Å². The van der Waals surface area contributed by atoms with Crippen LogP contribution in [0.1, 0.15) is 60.2 Å². The van der Waals surface area contributed by atoms with E-state index in [4.69, 9.17) is 0 Å². The zero-order valence-electron chi connectivity index (χ0n) is 21.2. The molecule has 9 heteroatoms. The number of halogens is 1. The van der Waals surface area contributed by atoms with Gasteiger partial charge in [-0.1, -0.05) is 58.0 Å². The number of benzene rings is 2. The van der Waals surface area contributed by atoms with Crippen molar-refractivity contribution in [1.82, 2.24) is 14.3 Å². The maximum absolute atomic E-state index is 15.3. The number of nitrogens with zero attached hydrogens (tertiary/aromatic N) is 2. The number of carbonyl (C=O) groups is 1. The van der Waals surface area contributed by atoms with E-state index >= 15 is 4.39 Å². The highest BCUT2D eigenvalue weighted by atomic mass is 32.2. The number of hydrogen-bond acceptors (Lipinski definition) is 5. The van der Waals surface area contributed by atoms with Crippen LogP contribution in [0.5, 0.6) is 0 Å². The molecule has 0 bridgehead atoms. The molecule has 37 heavy (non-hydrogen) atoms. The van der Waals surface area contributed by atoms with Crippen molar-refractivity contribution in [3.8, 4) is 11.1 Å². The van der Waals surface area contributed by atoms with Crippen molar-refractivity contribution in [3.05, 3.63) is 94.6 Å². The van der Waals surface area contributed by atoms with E-state index in [2.05, 4.69) is 9.71 Å². The highest BCUT2D eigenvalue weighted by molar-refractivity contribution is 7.92. The van der Waals surface area contributed by atoms with Gasteiger partial charge in [0.25, 0.3) is 15.9 Å². The van der Waals surface area contributed by atoms with Crippen LogP contribution in [0.15, 0.2) is 71.2 Å². The lowest BCUT2D eigenvalue weighted by molar-refractivity contribution is 0.0981. The van der Waals surface area contributed by atoms with Crippen molar-refractivity contribution in [2.75, 3.05) is 0 Å². The molecule has 0 spiro atoms. The standard InChI is InChI=1S/C28H30FN3O3S2/c1-18(2)14-23-16-24(28(36-23)37(34,35)31-27(33)20-8-6-5-7-9-20)21-10-11-22(25(29)15-21)17-32-13-12-30-26(32)19(3)4/h5-13,15-16,18-19H,14,17H2,1-4H3,(H,31,33). The molecule has 0 saturated heterocycles. The first-order valence-corrected chi connectivity index (χ1v) is 14.4. The number of rotatable bonds is 9. The van der Waals surface area contributed by atoms with Gasteiger partial charge in [0.05, 0.1) is 6.54 Å². The first-order chi connectivity index (χ1) is 17.5. The zero-order chi connectivity index (χ0) is 26.7. The van der Waals surface area contributed by atoms with Crippen LogP contribution in [0.4, 0.5) is 4.39 Å². The lowest BCUT2D eigenvalue weighted by atomic mass is 10.0. The SMILES string of the molecule is CC(C)Cc1cc(-c2ccc(Cn3ccnc3C(C)C)c(F)c2)c(S(=O)(=O)NC(=O)c2ccccc2)s1. The monoisotopic (exact) mass is 539 g/mol. The molecule has 2 heterocycles. The van der Waals surface area contributed by atoms with Gasteiger partial charge in [0.1, 0.15) is 15.9 Å². The molecular weight excluding hydrogens is 509 g/mol. The largest absolute Gasteiger partial charge is 0.330 e. The van der Waals surface area contributed by atoms with Gasteiger partial charge >= 0.3 is 0 Å². The Labute approximate surface area is 221 Å². The molecular formula is C28H30FN3O3S2. The lowest BCUT2D eigenvalue weighted by Crippen LogP contribution is -2.30. The Morgan fingerprint density at radius 1 is 1.08 bits per heavy atom. The minimum atomic E-state index is -4.20. The van der Waals surface area contributed by atoms with Crippen LogP contribution in [0, 0.1) is 11.7 Å². The van der Waals surface area contributed by atoms with Gasteiger partial charge < -0.3 is 4.57 Å². The molecule has 6 nitrogen and oxygen atoms in total. The fourth-order valence-corrected chi connectivity index (χ4v) is 7.05. The number of carbonyl (C=O) groups excluding carboxylic acids is 1. The molecule has 0 unspecified atom stereocenters. The maximum Gasteiger partial charge on any atom is 0.274 e. The van der Waals surface area contributed by atoms with Crippen molar-refractivity contribution in [1.29, 1.82) is 0 Å². The summed E-state index contributed by atoms with van der Waals surface area (Å²) >= 11 is 1.11. The molecule has 4 rings (SSSR count). The normalized spacial score (nSPS) is 11.9. The third-order valence-corrected chi connectivity index (χ3v) is 8.86. The first-order valence-electron chi connectivity index (χ1n) is 12.1. The Bertz CT molecular complexity index is 1510. The van der Waals surface area contributed by atoms with Crippen LogP contribution in [0.2, 0.25) is 0 Å². The number of thiophene rings is 1. The molecule has 1 amide bonds. The van der Waals surface area contributed by atoms with Gasteiger partial charge in [-0.3, -0.25) is 4.79 Å². The Morgan fingerprint density at radius 3 is 2.46 bits per heavy atom. The van der Waals surface area contributed by atoms with Crippen molar-refractivity contribution >= 4 is 27.3 Å². The molecule has 2 aromatic carbocycles. The summed E-state index contributed by atoms with van der Waals surface area (Å²) < 4.78 is 46.1. The van der Waals surface area contributed by atoms with E-state index in [1.165, 1.54) is 6.07 Å². The van der Waals surface area contributed by atoms with Crippen LogP contribution in [0.3, 0.4) is 0 Å². The van der Waals surface area contributed by atoms with Crippen LogP contribution < -0.4 is 4.72 Å². The minimum absolute atomic E-state index is 0.00344. The quantitative estimate of drug-likeness (QED) is 0.273. The molecule has 2 aromatic heterocycles. The number of hydrogen-bond donors (Lipinski definition) is 1. The van der Waals surface area contributed by atoms with E-state index in [1.54, 1.807) is 54.7 Å². The predicted octanol–water partition coefficient (Wildman–Crippen LogP) is 6.24. The molecule has 1 N–H and O–H groups in total. The highest BCUT2D eigenvalue weighted by Gasteiger charge is 2.26. The fourth-order valence-electron chi connectivity index (χ4n) is 4.13. The van der Waals surface area contributed by atoms with Crippen molar-refractivity contribution < 1.29 is 17.6 Å². The summed E-state index contributed by atoms with van der Waals surface area (Å²) in [7, 11) is -4.20. The Morgan fingerprint density at radius 2 is 1.81 bits per heavy atom. The van der Waals surface area contributed by atoms with E-state index in [-0.39, 0.29) is 15.7 Å². The molecule has 0 fully saturated rings. The molecule has 4 aromatic rings. The second-order valence-corrected chi connectivity index (χ2v) is 12.7. The Balaban J connectivity index is 1.69. The van der Waals surface area contributed by atoms with E-state index in [1.807, 2.05) is 38.5 Å². The smallest absolute Gasteiger partial charge is 0.274 e. The van der Waals surface area contributed by atoms with Crippen LogP contribution in [-0.4, -0.2) is 23.9 Å². The highest BCUT2D eigenvalue weighted by Crippen LogP contribution is 2.37. The number of imidazole rings is 1. The number of nitrogens with one attached hydrogen (secondary N) is 1. The number of amides is 1. The van der Waals surface area contributed by atoms with Gasteiger partial charge in [-0.2, -0.15) is 0 Å². The van der Waals surface area contributed by atoms with Gasteiger partial charge in [-0.15, -0.1) is 11.3 Å². The first kappa shape index (κ1) is 26.8. The summed E-state index contributed by atoms with van der Waals surface area (Å²) in [6.45, 7) is 8.46. The van der Waals surface area contributed by atoms with Crippen molar-refractivity contribution in [3.63, 3.8) is 0 Å². The zero-order valence-corrected chi connectivity index (χ0v) is 22.9. The lowest BCUT2D eigenvalue weighted by Gasteiger charge is -2.12. The summed E-state index contributed by atoms with van der Waals surface area (Å²) in [4.78, 5) is 17.8. The van der Waals surface area contributed by atoms with Gasteiger partial charge in [-0.25, -0.2) is 22.5 Å². The fraction of sp³-hybridized carbons (Fsp3) is 0.286. The van der Waals surface area contributed by atoms with Gasteiger partial charge in [0, 0.05) is 39.9 Å². The maximum atomic E-state index is 15.3. The molecule has 0 aliphatic rings. The summed E-state index contributed by atoms with van der Waals surface area (Å²) in [5.74, 6) is 0.205. The van der Waals surface area contributed by atoms with Gasteiger partial charge in [0.2, 0.25) is 0 Å². The van der Waals surface area contributed by atoms with Gasteiger partial charge in [0.15, 0.2) is 0 Å². The molecule has 194 valence electrons. The number of aromatic nitrogens is 2. The molecule has 0 aliphatic carbocycles. The summed E-state index contributed by atoms with van der Waals surface area (Å²) in [6.07, 6.45) is 4.18.